The van der Waals surface area contributed by atoms with Gasteiger partial charge in [-0.05, 0) is 48.7 Å². The van der Waals surface area contributed by atoms with E-state index in [0.29, 0.717) is 31.1 Å². The average Bonchev–Trinajstić information content (AvgIpc) is 2.69. The zero-order valence-electron chi connectivity index (χ0n) is 15.5. The minimum Gasteiger partial charge on any atom is -0.370 e. The van der Waals surface area contributed by atoms with Crippen LogP contribution in [0.1, 0.15) is 32.1 Å². The first kappa shape index (κ1) is 18.9. The Kier molecular flexibility index (Phi) is 5.87. The van der Waals surface area contributed by atoms with Gasteiger partial charge >= 0.3 is 0 Å². The summed E-state index contributed by atoms with van der Waals surface area (Å²) in [6.07, 6.45) is 5.97. The lowest BCUT2D eigenvalue weighted by Crippen LogP contribution is -2.41. The first-order valence-electron chi connectivity index (χ1n) is 9.61. The van der Waals surface area contributed by atoms with Crippen molar-refractivity contribution in [1.82, 2.24) is 15.0 Å². The maximum atomic E-state index is 11.9. The molecular weight excluding hydrogens is 380 g/mol. The van der Waals surface area contributed by atoms with Gasteiger partial charge in [-0.25, -0.2) is 0 Å². The quantitative estimate of drug-likeness (QED) is 0.791. The molecule has 0 spiro atoms. The zero-order valence-corrected chi connectivity index (χ0v) is 16.3. The van der Waals surface area contributed by atoms with Crippen molar-refractivity contribution in [3.63, 3.8) is 0 Å². The van der Waals surface area contributed by atoms with Gasteiger partial charge < -0.3 is 20.3 Å². The second-order valence-corrected chi connectivity index (χ2v) is 7.34. The summed E-state index contributed by atoms with van der Waals surface area (Å²) >= 11 is 6.08. The first-order valence-corrected chi connectivity index (χ1v) is 9.98. The predicted molar refractivity (Wildman–Crippen MR) is 108 cm³/mol. The molecular formula is C19H23ClN6O2. The summed E-state index contributed by atoms with van der Waals surface area (Å²) in [5.41, 5.74) is 1.64. The third-order valence-corrected chi connectivity index (χ3v) is 5.14. The number of morpholine rings is 1. The van der Waals surface area contributed by atoms with E-state index in [0.717, 1.165) is 24.2 Å². The van der Waals surface area contributed by atoms with Crippen LogP contribution in [0.5, 0.6) is 0 Å². The van der Waals surface area contributed by atoms with Crippen molar-refractivity contribution < 1.29 is 9.53 Å². The summed E-state index contributed by atoms with van der Waals surface area (Å²) in [5.74, 6) is 0.841. The number of hydrogen-bond donors (Lipinski definition) is 2. The van der Waals surface area contributed by atoms with Crippen molar-refractivity contribution in [1.29, 1.82) is 0 Å². The van der Waals surface area contributed by atoms with E-state index in [9.17, 15) is 4.79 Å². The van der Waals surface area contributed by atoms with Crippen molar-refractivity contribution in [3.05, 3.63) is 29.5 Å². The number of anilines is 4. The highest BCUT2D eigenvalue weighted by Gasteiger charge is 2.20. The number of ether oxygens (including phenoxy) is 1. The minimum absolute atomic E-state index is 0.0327. The van der Waals surface area contributed by atoms with Crippen molar-refractivity contribution in [2.75, 3.05) is 35.3 Å². The Bertz CT molecular complexity index is 826. The number of rotatable bonds is 5. The largest absolute Gasteiger partial charge is 0.370 e. The molecule has 1 aliphatic heterocycles. The molecule has 9 heteroatoms. The van der Waals surface area contributed by atoms with E-state index in [1.54, 1.807) is 4.90 Å². The van der Waals surface area contributed by atoms with Crippen LogP contribution in [0.15, 0.2) is 24.3 Å². The molecule has 1 aromatic carbocycles. The van der Waals surface area contributed by atoms with E-state index in [1.165, 1.54) is 19.3 Å². The van der Waals surface area contributed by atoms with E-state index in [2.05, 4.69) is 25.6 Å². The molecule has 2 fully saturated rings. The molecule has 2 aliphatic rings. The molecule has 1 saturated heterocycles. The number of halogens is 1. The Morgan fingerprint density at radius 2 is 1.79 bits per heavy atom. The van der Waals surface area contributed by atoms with Crippen molar-refractivity contribution >= 4 is 40.8 Å². The molecule has 2 heterocycles. The highest BCUT2D eigenvalue weighted by Crippen LogP contribution is 2.23. The fourth-order valence-corrected chi connectivity index (χ4v) is 3.70. The Morgan fingerprint density at radius 3 is 2.54 bits per heavy atom. The third-order valence-electron chi connectivity index (χ3n) is 4.97. The normalized spacial score (nSPS) is 18.2. The molecule has 4 rings (SSSR count). The van der Waals surface area contributed by atoms with Crippen LogP contribution in [0.2, 0.25) is 5.28 Å². The molecule has 0 atom stereocenters. The van der Waals surface area contributed by atoms with Gasteiger partial charge in [0.1, 0.15) is 6.61 Å². The molecule has 1 aromatic heterocycles. The van der Waals surface area contributed by atoms with Crippen LogP contribution < -0.4 is 15.5 Å². The van der Waals surface area contributed by atoms with Crippen LogP contribution in [-0.2, 0) is 9.53 Å². The number of nitrogens with one attached hydrogen (secondary N) is 2. The van der Waals surface area contributed by atoms with E-state index < -0.39 is 0 Å². The monoisotopic (exact) mass is 402 g/mol. The summed E-state index contributed by atoms with van der Waals surface area (Å²) in [5, 5.41) is 6.66. The van der Waals surface area contributed by atoms with Gasteiger partial charge in [0.05, 0.1) is 6.61 Å². The highest BCUT2D eigenvalue weighted by molar-refractivity contribution is 6.28. The number of hydrogen-bond acceptors (Lipinski definition) is 7. The summed E-state index contributed by atoms with van der Waals surface area (Å²) in [7, 11) is 0. The molecule has 1 amide bonds. The van der Waals surface area contributed by atoms with Gasteiger partial charge in [0.15, 0.2) is 0 Å². The van der Waals surface area contributed by atoms with E-state index >= 15 is 0 Å². The maximum absolute atomic E-state index is 11.9. The smallest absolute Gasteiger partial charge is 0.253 e. The predicted octanol–water partition coefficient (Wildman–Crippen LogP) is 3.38. The topological polar surface area (TPSA) is 92.3 Å². The van der Waals surface area contributed by atoms with Gasteiger partial charge in [0.2, 0.25) is 17.2 Å². The Labute approximate surface area is 168 Å². The molecule has 1 aliphatic carbocycles. The number of aromatic nitrogens is 3. The molecule has 0 unspecified atom stereocenters. The van der Waals surface area contributed by atoms with Crippen LogP contribution in [0, 0.1) is 0 Å². The summed E-state index contributed by atoms with van der Waals surface area (Å²) in [6, 6.07) is 7.91. The molecule has 28 heavy (non-hydrogen) atoms. The molecule has 8 nitrogen and oxygen atoms in total. The molecule has 0 bridgehead atoms. The van der Waals surface area contributed by atoms with Gasteiger partial charge in [-0.15, -0.1) is 0 Å². The van der Waals surface area contributed by atoms with Gasteiger partial charge in [-0.2, -0.15) is 15.0 Å². The number of benzene rings is 1. The van der Waals surface area contributed by atoms with Gasteiger partial charge in [0, 0.05) is 24.0 Å². The SMILES string of the molecule is O=C1COCCN1c1ccc(Nc2nc(Cl)nc(NC3CCCCC3)n2)cc1. The molecule has 148 valence electrons. The first-order chi connectivity index (χ1) is 13.7. The number of amides is 1. The van der Waals surface area contributed by atoms with Crippen molar-refractivity contribution in [2.45, 2.75) is 38.1 Å². The van der Waals surface area contributed by atoms with Gasteiger partial charge in [-0.1, -0.05) is 19.3 Å². The Hall–Kier alpha value is -2.45. The van der Waals surface area contributed by atoms with E-state index in [1.807, 2.05) is 24.3 Å². The minimum atomic E-state index is -0.0327. The zero-order chi connectivity index (χ0) is 19.3. The number of carbonyl (C=O) groups is 1. The average molecular weight is 403 g/mol. The van der Waals surface area contributed by atoms with Crippen LogP contribution in [0.4, 0.5) is 23.3 Å². The number of nitrogens with zero attached hydrogens (tertiary/aromatic N) is 4. The van der Waals surface area contributed by atoms with Crippen molar-refractivity contribution in [2.24, 2.45) is 0 Å². The lowest BCUT2D eigenvalue weighted by atomic mass is 9.96. The molecule has 0 radical (unpaired) electrons. The van der Waals surface area contributed by atoms with Crippen LogP contribution in [0.25, 0.3) is 0 Å². The van der Waals surface area contributed by atoms with E-state index in [-0.39, 0.29) is 17.8 Å². The van der Waals surface area contributed by atoms with E-state index in [4.69, 9.17) is 16.3 Å². The Morgan fingerprint density at radius 1 is 1.04 bits per heavy atom. The number of carbonyl (C=O) groups excluding carboxylic acids is 1. The van der Waals surface area contributed by atoms with Crippen LogP contribution in [0.3, 0.4) is 0 Å². The summed E-state index contributed by atoms with van der Waals surface area (Å²) in [6.45, 7) is 1.23. The fraction of sp³-hybridized carbons (Fsp3) is 0.474. The second kappa shape index (κ2) is 8.70. The van der Waals surface area contributed by atoms with Gasteiger partial charge in [0.25, 0.3) is 5.91 Å². The maximum Gasteiger partial charge on any atom is 0.253 e. The highest BCUT2D eigenvalue weighted by atomic mass is 35.5. The molecule has 2 N–H and O–H groups in total. The van der Waals surface area contributed by atoms with Crippen LogP contribution in [-0.4, -0.2) is 46.7 Å². The molecule has 1 saturated carbocycles. The Balaban J connectivity index is 1.44. The van der Waals surface area contributed by atoms with Gasteiger partial charge in [-0.3, -0.25) is 4.79 Å². The standard InChI is InChI=1S/C19H23ClN6O2/c20-17-23-18(21-13-4-2-1-3-5-13)25-19(24-17)22-14-6-8-15(9-7-14)26-10-11-28-12-16(26)27/h6-9,13H,1-5,10-12H2,(H2,21,22,23,24,25). The summed E-state index contributed by atoms with van der Waals surface area (Å²) in [4.78, 5) is 26.5. The van der Waals surface area contributed by atoms with Crippen molar-refractivity contribution in [3.8, 4) is 0 Å². The molecule has 2 aromatic rings. The fourth-order valence-electron chi connectivity index (χ4n) is 3.54. The second-order valence-electron chi connectivity index (χ2n) is 7.00. The van der Waals surface area contributed by atoms with Crippen LogP contribution >= 0.6 is 11.6 Å². The third kappa shape index (κ3) is 4.69. The summed E-state index contributed by atoms with van der Waals surface area (Å²) < 4.78 is 5.17. The lowest BCUT2D eigenvalue weighted by molar-refractivity contribution is -0.125. The lowest BCUT2D eigenvalue weighted by Gasteiger charge is -2.26.